The molecule has 0 amide bonds. The van der Waals surface area contributed by atoms with Gasteiger partial charge in [-0.25, -0.2) is 0 Å². The number of hydrogen-bond donors (Lipinski definition) is 0. The number of anilines is 1. The Morgan fingerprint density at radius 2 is 2.31 bits per heavy atom. The van der Waals surface area contributed by atoms with Crippen molar-refractivity contribution in [1.82, 2.24) is 0 Å². The van der Waals surface area contributed by atoms with Crippen LogP contribution in [0, 0.1) is 17.2 Å². The lowest BCUT2D eigenvalue weighted by atomic mass is 10.1. The highest BCUT2D eigenvalue weighted by atomic mass is 32.2. The lowest BCUT2D eigenvalue weighted by Gasteiger charge is -2.20. The third-order valence-electron chi connectivity index (χ3n) is 3.10. The zero-order valence-electron chi connectivity index (χ0n) is 9.73. The van der Waals surface area contributed by atoms with E-state index in [0.29, 0.717) is 0 Å². The zero-order valence-corrected chi connectivity index (χ0v) is 10.5. The van der Waals surface area contributed by atoms with E-state index in [-0.39, 0.29) is 0 Å². The van der Waals surface area contributed by atoms with Crippen LogP contribution in [0.1, 0.15) is 18.9 Å². The normalized spacial score (nSPS) is 19.8. The smallest absolute Gasteiger partial charge is 0.103 e. The van der Waals surface area contributed by atoms with Gasteiger partial charge in [-0.3, -0.25) is 0 Å². The van der Waals surface area contributed by atoms with Crippen LogP contribution < -0.4 is 4.90 Å². The maximum absolute atomic E-state index is 9.27. The van der Waals surface area contributed by atoms with E-state index < -0.39 is 0 Å². The van der Waals surface area contributed by atoms with Crippen molar-refractivity contribution in [2.45, 2.75) is 18.2 Å². The minimum absolute atomic E-state index is 0.740. The lowest BCUT2D eigenvalue weighted by molar-refractivity contribution is 0.659. The van der Waals surface area contributed by atoms with E-state index in [9.17, 15) is 5.26 Å². The first-order valence-electron chi connectivity index (χ1n) is 5.58. The third-order valence-corrected chi connectivity index (χ3v) is 3.88. The van der Waals surface area contributed by atoms with Crippen molar-refractivity contribution in [1.29, 1.82) is 5.26 Å². The Morgan fingerprint density at radius 1 is 1.50 bits per heavy atom. The second-order valence-electron chi connectivity index (χ2n) is 4.31. The molecular weight excluding hydrogens is 216 g/mol. The summed E-state index contributed by atoms with van der Waals surface area (Å²) < 4.78 is 0. The summed E-state index contributed by atoms with van der Waals surface area (Å²) >= 11 is 1.64. The van der Waals surface area contributed by atoms with Crippen molar-refractivity contribution in [2.24, 2.45) is 5.92 Å². The minimum Gasteiger partial charge on any atom is -0.370 e. The summed E-state index contributed by atoms with van der Waals surface area (Å²) in [5, 5.41) is 9.27. The summed E-state index contributed by atoms with van der Waals surface area (Å²) in [4.78, 5) is 3.42. The molecule has 16 heavy (non-hydrogen) atoms. The first-order chi connectivity index (χ1) is 7.76. The van der Waals surface area contributed by atoms with Crippen LogP contribution >= 0.6 is 11.8 Å². The van der Waals surface area contributed by atoms with Crippen molar-refractivity contribution in [3.63, 3.8) is 0 Å². The molecule has 2 rings (SSSR count). The van der Waals surface area contributed by atoms with Crippen molar-refractivity contribution in [3.8, 4) is 6.07 Å². The number of nitrogens with zero attached hydrogens (tertiary/aromatic N) is 2. The first kappa shape index (κ1) is 11.3. The second kappa shape index (κ2) is 4.80. The summed E-state index contributed by atoms with van der Waals surface area (Å²) in [7, 11) is 0. The van der Waals surface area contributed by atoms with Crippen LogP contribution in [0.5, 0.6) is 0 Å². The van der Waals surface area contributed by atoms with E-state index in [1.54, 1.807) is 11.8 Å². The van der Waals surface area contributed by atoms with Gasteiger partial charge in [0.05, 0.1) is 11.3 Å². The van der Waals surface area contributed by atoms with Gasteiger partial charge < -0.3 is 4.90 Å². The second-order valence-corrected chi connectivity index (χ2v) is 5.15. The minimum atomic E-state index is 0.740. The van der Waals surface area contributed by atoms with Gasteiger partial charge >= 0.3 is 0 Å². The summed E-state index contributed by atoms with van der Waals surface area (Å²) in [6.07, 6.45) is 3.25. The van der Waals surface area contributed by atoms with Crippen LogP contribution in [0.15, 0.2) is 23.1 Å². The van der Waals surface area contributed by atoms with Crippen molar-refractivity contribution in [2.75, 3.05) is 24.2 Å². The number of hydrogen-bond acceptors (Lipinski definition) is 3. The first-order valence-corrected chi connectivity index (χ1v) is 6.80. The predicted octanol–water partition coefficient (Wildman–Crippen LogP) is 3.13. The number of benzene rings is 1. The molecule has 0 spiro atoms. The molecule has 84 valence electrons. The topological polar surface area (TPSA) is 27.0 Å². The molecule has 0 N–H and O–H groups in total. The Hall–Kier alpha value is -1.14. The molecule has 3 heteroatoms. The molecule has 1 fully saturated rings. The third kappa shape index (κ3) is 2.03. The monoisotopic (exact) mass is 232 g/mol. The molecule has 0 aliphatic carbocycles. The zero-order chi connectivity index (χ0) is 11.5. The largest absolute Gasteiger partial charge is 0.370 e. The van der Waals surface area contributed by atoms with Gasteiger partial charge in [0.25, 0.3) is 0 Å². The van der Waals surface area contributed by atoms with Crippen molar-refractivity contribution < 1.29 is 0 Å². The average molecular weight is 232 g/mol. The van der Waals surface area contributed by atoms with E-state index in [4.69, 9.17) is 0 Å². The summed E-state index contributed by atoms with van der Waals surface area (Å²) in [5.74, 6) is 0.740. The van der Waals surface area contributed by atoms with Gasteiger partial charge in [-0.15, -0.1) is 11.8 Å². The van der Waals surface area contributed by atoms with Crippen LogP contribution in [0.3, 0.4) is 0 Å². The molecule has 1 aliphatic heterocycles. The highest BCUT2D eigenvalue weighted by Gasteiger charge is 2.21. The lowest BCUT2D eigenvalue weighted by Crippen LogP contribution is -2.20. The van der Waals surface area contributed by atoms with E-state index in [0.717, 1.165) is 35.2 Å². The highest BCUT2D eigenvalue weighted by Crippen LogP contribution is 2.31. The molecule has 2 nitrogen and oxygen atoms in total. The maximum Gasteiger partial charge on any atom is 0.103 e. The van der Waals surface area contributed by atoms with Gasteiger partial charge in [0, 0.05) is 18.0 Å². The summed E-state index contributed by atoms with van der Waals surface area (Å²) in [5.41, 5.74) is 1.95. The molecule has 1 aromatic carbocycles. The molecule has 0 aromatic heterocycles. The maximum atomic E-state index is 9.27. The van der Waals surface area contributed by atoms with E-state index in [2.05, 4.69) is 24.0 Å². The molecule has 1 saturated heterocycles. The fourth-order valence-electron chi connectivity index (χ4n) is 2.22. The van der Waals surface area contributed by atoms with Crippen molar-refractivity contribution >= 4 is 17.4 Å². The Bertz CT molecular complexity index is 422. The summed E-state index contributed by atoms with van der Waals surface area (Å²) in [6.45, 7) is 4.42. The number of nitriles is 1. The quantitative estimate of drug-likeness (QED) is 0.733. The van der Waals surface area contributed by atoms with Gasteiger partial charge in [-0.2, -0.15) is 5.26 Å². The van der Waals surface area contributed by atoms with Gasteiger partial charge in [0.2, 0.25) is 0 Å². The number of rotatable bonds is 2. The molecule has 0 bridgehead atoms. The Balaban J connectivity index is 2.37. The molecule has 1 heterocycles. The average Bonchev–Trinajstić information content (AvgIpc) is 2.74. The van der Waals surface area contributed by atoms with E-state index in [1.807, 2.05) is 18.4 Å². The fraction of sp³-hybridized carbons (Fsp3) is 0.462. The van der Waals surface area contributed by atoms with Gasteiger partial charge in [-0.05, 0) is 30.7 Å². The van der Waals surface area contributed by atoms with Crippen LogP contribution in [0.4, 0.5) is 5.69 Å². The van der Waals surface area contributed by atoms with Crippen LogP contribution in [0.2, 0.25) is 0 Å². The van der Waals surface area contributed by atoms with Crippen LogP contribution in [0.25, 0.3) is 0 Å². The Kier molecular flexibility index (Phi) is 3.40. The van der Waals surface area contributed by atoms with Crippen molar-refractivity contribution in [3.05, 3.63) is 23.8 Å². The molecule has 0 radical (unpaired) electrons. The molecule has 1 atom stereocenters. The van der Waals surface area contributed by atoms with Crippen LogP contribution in [-0.2, 0) is 0 Å². The van der Waals surface area contributed by atoms with Gasteiger partial charge in [0.1, 0.15) is 6.07 Å². The molecular formula is C13H16N2S. The highest BCUT2D eigenvalue weighted by molar-refractivity contribution is 7.98. The standard InChI is InChI=1S/C13H16N2S/c1-10-6-7-15(9-10)12-4-3-5-13(16-2)11(12)8-14/h3-5,10H,6-7,9H2,1-2H3. The Morgan fingerprint density at radius 3 is 2.88 bits per heavy atom. The van der Waals surface area contributed by atoms with Gasteiger partial charge in [0.15, 0.2) is 0 Å². The SMILES string of the molecule is CSc1cccc(N2CCC(C)C2)c1C#N. The molecule has 1 aliphatic rings. The molecule has 1 aromatic rings. The van der Waals surface area contributed by atoms with Gasteiger partial charge in [-0.1, -0.05) is 13.0 Å². The fourth-order valence-corrected chi connectivity index (χ4v) is 2.79. The van der Waals surface area contributed by atoms with Crippen LogP contribution in [-0.4, -0.2) is 19.3 Å². The summed E-state index contributed by atoms with van der Waals surface area (Å²) in [6, 6.07) is 8.48. The predicted molar refractivity (Wildman–Crippen MR) is 68.9 cm³/mol. The molecule has 0 saturated carbocycles. The number of thioether (sulfide) groups is 1. The van der Waals surface area contributed by atoms with E-state index >= 15 is 0 Å². The Labute approximate surface area is 101 Å². The molecule has 1 unspecified atom stereocenters. The van der Waals surface area contributed by atoms with E-state index in [1.165, 1.54) is 6.42 Å².